The van der Waals surface area contributed by atoms with Gasteiger partial charge >= 0.3 is 6.09 Å². The van der Waals surface area contributed by atoms with Gasteiger partial charge in [-0.1, -0.05) is 0 Å². The molecule has 0 saturated heterocycles. The van der Waals surface area contributed by atoms with Crippen molar-refractivity contribution in [3.63, 3.8) is 0 Å². The Morgan fingerprint density at radius 3 is 2.45 bits per heavy atom. The highest BCUT2D eigenvalue weighted by atomic mass is 79.9. The van der Waals surface area contributed by atoms with E-state index in [-0.39, 0.29) is 23.6 Å². The van der Waals surface area contributed by atoms with Gasteiger partial charge in [-0.25, -0.2) is 4.79 Å². The molecule has 1 fully saturated rings. The van der Waals surface area contributed by atoms with Crippen LogP contribution in [0.3, 0.4) is 0 Å². The number of pyridine rings is 1. The van der Waals surface area contributed by atoms with Gasteiger partial charge in [-0.15, -0.1) is 0 Å². The molecule has 1 atom stereocenters. The third-order valence-corrected chi connectivity index (χ3v) is 5.18. The molecular weight excluding hydrogens is 442 g/mol. The molecule has 8 nitrogen and oxygen atoms in total. The summed E-state index contributed by atoms with van der Waals surface area (Å²) < 4.78 is 13.4. The minimum absolute atomic E-state index is 0.0103. The van der Waals surface area contributed by atoms with Gasteiger partial charge < -0.3 is 24.7 Å². The Hall–Kier alpha value is -2.03. The van der Waals surface area contributed by atoms with Crippen LogP contribution in [0, 0.1) is 0 Å². The molecule has 0 aromatic carbocycles. The first-order valence-electron chi connectivity index (χ1n) is 9.77. The van der Waals surface area contributed by atoms with Gasteiger partial charge in [0.05, 0.1) is 10.6 Å². The molecular formula is C20H30BrN3O5. The first-order chi connectivity index (χ1) is 13.4. The maximum atomic E-state index is 12.3. The number of amides is 2. The monoisotopic (exact) mass is 471 g/mol. The molecule has 0 aliphatic heterocycles. The lowest BCUT2D eigenvalue weighted by molar-refractivity contribution is -0.123. The number of ether oxygens (including phenoxy) is 2. The van der Waals surface area contributed by atoms with Crippen molar-refractivity contribution in [1.29, 1.82) is 0 Å². The molecule has 1 aliphatic carbocycles. The minimum atomic E-state index is -0.685. The van der Waals surface area contributed by atoms with Gasteiger partial charge in [0.1, 0.15) is 17.4 Å². The first kappa shape index (κ1) is 23.3. The average Bonchev–Trinajstić information content (AvgIpc) is 2.59. The van der Waals surface area contributed by atoms with Crippen LogP contribution in [0.15, 0.2) is 21.5 Å². The second kappa shape index (κ2) is 9.65. The van der Waals surface area contributed by atoms with Crippen molar-refractivity contribution < 1.29 is 19.1 Å². The molecule has 1 aromatic heterocycles. The van der Waals surface area contributed by atoms with Gasteiger partial charge in [0.25, 0.3) is 5.56 Å². The third kappa shape index (κ3) is 7.38. The first-order valence-corrected chi connectivity index (χ1v) is 10.6. The number of aromatic nitrogens is 1. The Balaban J connectivity index is 1.79. The standard InChI is InChI=1S/C20H30BrN3O5/c1-12(22-19(27)29-20(2,3)4)18(26)23-13-6-8-14(9-7-13)28-16-10-17(25)24(5)11-15(16)21/h10-14H,6-9H2,1-5H3,(H,22,27)(H,23,26)/t12-,13?,14?/m1/s1. The topological polar surface area (TPSA) is 98.7 Å². The normalized spacial score (nSPS) is 20.5. The van der Waals surface area contributed by atoms with E-state index >= 15 is 0 Å². The quantitative estimate of drug-likeness (QED) is 0.687. The summed E-state index contributed by atoms with van der Waals surface area (Å²) in [5.74, 6) is 0.297. The second-order valence-corrected chi connectivity index (χ2v) is 9.26. The van der Waals surface area contributed by atoms with Gasteiger partial charge in [0.15, 0.2) is 0 Å². The largest absolute Gasteiger partial charge is 0.489 e. The lowest BCUT2D eigenvalue weighted by Gasteiger charge is -2.30. The van der Waals surface area contributed by atoms with Crippen LogP contribution in [0.4, 0.5) is 4.79 Å². The SMILES string of the molecule is C[C@@H](NC(=O)OC(C)(C)C)C(=O)NC1CCC(Oc2cc(=O)n(C)cc2Br)CC1. The zero-order valence-corrected chi connectivity index (χ0v) is 19.2. The highest BCUT2D eigenvalue weighted by molar-refractivity contribution is 9.10. The van der Waals surface area contributed by atoms with E-state index in [9.17, 15) is 14.4 Å². The summed E-state index contributed by atoms with van der Waals surface area (Å²) in [4.78, 5) is 35.9. The zero-order valence-electron chi connectivity index (χ0n) is 17.6. The number of carbonyl (C=O) groups excluding carboxylic acids is 2. The number of nitrogens with one attached hydrogen (secondary N) is 2. The maximum absolute atomic E-state index is 12.3. The van der Waals surface area contributed by atoms with Crippen molar-refractivity contribution in [1.82, 2.24) is 15.2 Å². The van der Waals surface area contributed by atoms with Crippen molar-refractivity contribution in [3.8, 4) is 5.75 Å². The van der Waals surface area contributed by atoms with E-state index in [2.05, 4.69) is 26.6 Å². The highest BCUT2D eigenvalue weighted by Gasteiger charge is 2.27. The van der Waals surface area contributed by atoms with Crippen molar-refractivity contribution in [2.75, 3.05) is 0 Å². The molecule has 9 heteroatoms. The molecule has 1 aromatic rings. The van der Waals surface area contributed by atoms with Crippen LogP contribution in [-0.4, -0.2) is 40.4 Å². The van der Waals surface area contributed by atoms with Crippen LogP contribution in [0.2, 0.25) is 0 Å². The Bertz CT molecular complexity index is 794. The van der Waals surface area contributed by atoms with Crippen molar-refractivity contribution in [3.05, 3.63) is 27.1 Å². The predicted molar refractivity (Wildman–Crippen MR) is 113 cm³/mol. The fraction of sp³-hybridized carbons (Fsp3) is 0.650. The highest BCUT2D eigenvalue weighted by Crippen LogP contribution is 2.28. The van der Waals surface area contributed by atoms with E-state index < -0.39 is 17.7 Å². The van der Waals surface area contributed by atoms with E-state index in [4.69, 9.17) is 9.47 Å². The molecule has 0 radical (unpaired) electrons. The lowest BCUT2D eigenvalue weighted by atomic mass is 9.92. The number of aryl methyl sites for hydroxylation is 1. The van der Waals surface area contributed by atoms with Gasteiger partial charge in [-0.3, -0.25) is 9.59 Å². The van der Waals surface area contributed by atoms with Gasteiger partial charge in [-0.2, -0.15) is 0 Å². The van der Waals surface area contributed by atoms with E-state index in [1.807, 2.05) is 0 Å². The van der Waals surface area contributed by atoms with E-state index in [0.717, 1.165) is 30.2 Å². The summed E-state index contributed by atoms with van der Waals surface area (Å²) in [5.41, 5.74) is -0.743. The molecule has 1 saturated carbocycles. The van der Waals surface area contributed by atoms with Crippen LogP contribution >= 0.6 is 15.9 Å². The summed E-state index contributed by atoms with van der Waals surface area (Å²) in [7, 11) is 1.68. The number of carbonyl (C=O) groups is 2. The summed E-state index contributed by atoms with van der Waals surface area (Å²) in [5, 5.41) is 5.52. The summed E-state index contributed by atoms with van der Waals surface area (Å²) in [6, 6.07) is 0.815. The average molecular weight is 472 g/mol. The number of hydrogen-bond acceptors (Lipinski definition) is 5. The zero-order chi connectivity index (χ0) is 21.8. The van der Waals surface area contributed by atoms with Crippen molar-refractivity contribution >= 4 is 27.9 Å². The van der Waals surface area contributed by atoms with Crippen LogP contribution in [0.25, 0.3) is 0 Å². The molecule has 1 aliphatic rings. The lowest BCUT2D eigenvalue weighted by Crippen LogP contribution is -2.50. The van der Waals surface area contributed by atoms with Crippen LogP contribution in [0.5, 0.6) is 5.75 Å². The van der Waals surface area contributed by atoms with Gasteiger partial charge in [0, 0.05) is 25.4 Å². The summed E-state index contributed by atoms with van der Waals surface area (Å²) in [6.07, 6.45) is 4.11. The fourth-order valence-electron chi connectivity index (χ4n) is 3.05. The Morgan fingerprint density at radius 2 is 1.86 bits per heavy atom. The molecule has 0 spiro atoms. The fourth-order valence-corrected chi connectivity index (χ4v) is 3.57. The number of hydrogen-bond donors (Lipinski definition) is 2. The van der Waals surface area contributed by atoms with Crippen molar-refractivity contribution in [2.45, 2.75) is 77.2 Å². The Kier molecular flexibility index (Phi) is 7.73. The molecule has 0 bridgehead atoms. The Morgan fingerprint density at radius 1 is 1.24 bits per heavy atom. The number of rotatable bonds is 5. The second-order valence-electron chi connectivity index (χ2n) is 8.40. The predicted octanol–water partition coefficient (Wildman–Crippen LogP) is 2.87. The maximum Gasteiger partial charge on any atom is 0.408 e. The number of halogens is 1. The van der Waals surface area contributed by atoms with Crippen molar-refractivity contribution in [2.24, 2.45) is 7.05 Å². The summed E-state index contributed by atoms with van der Waals surface area (Å²) >= 11 is 3.42. The van der Waals surface area contributed by atoms with E-state index in [0.29, 0.717) is 5.75 Å². The number of alkyl carbamates (subject to hydrolysis) is 1. The van der Waals surface area contributed by atoms with Crippen LogP contribution in [-0.2, 0) is 16.6 Å². The van der Waals surface area contributed by atoms with E-state index in [1.165, 1.54) is 10.6 Å². The van der Waals surface area contributed by atoms with Crippen LogP contribution in [0.1, 0.15) is 53.4 Å². The number of nitrogens with zero attached hydrogens (tertiary/aromatic N) is 1. The van der Waals surface area contributed by atoms with Crippen LogP contribution < -0.4 is 20.9 Å². The molecule has 0 unspecified atom stereocenters. The molecule has 29 heavy (non-hydrogen) atoms. The molecule has 2 amide bonds. The Labute approximate surface area is 179 Å². The molecule has 2 rings (SSSR count). The molecule has 2 N–H and O–H groups in total. The smallest absolute Gasteiger partial charge is 0.408 e. The van der Waals surface area contributed by atoms with E-state index in [1.54, 1.807) is 40.9 Å². The minimum Gasteiger partial charge on any atom is -0.489 e. The summed E-state index contributed by atoms with van der Waals surface area (Å²) in [6.45, 7) is 6.93. The molecule has 1 heterocycles. The third-order valence-electron chi connectivity index (χ3n) is 4.59. The molecule has 162 valence electrons. The van der Waals surface area contributed by atoms with Gasteiger partial charge in [-0.05, 0) is 69.3 Å². The van der Waals surface area contributed by atoms with Gasteiger partial charge in [0.2, 0.25) is 5.91 Å².